The van der Waals surface area contributed by atoms with Gasteiger partial charge in [0.05, 0.1) is 0 Å². The quantitative estimate of drug-likeness (QED) is 0.529. The Bertz CT molecular complexity index is 433. The Hall–Kier alpha value is -0.300. The average Bonchev–Trinajstić information content (AvgIpc) is 2.86. The van der Waals surface area contributed by atoms with Gasteiger partial charge in [0.1, 0.15) is 0 Å². The van der Waals surface area contributed by atoms with Crippen molar-refractivity contribution in [2.45, 2.75) is 98.3 Å². The van der Waals surface area contributed by atoms with Crippen LogP contribution in [0.25, 0.3) is 0 Å². The number of hydrogen-bond acceptors (Lipinski definition) is 1. The van der Waals surface area contributed by atoms with E-state index in [0.717, 1.165) is 0 Å². The molecule has 0 aliphatic carbocycles. The fourth-order valence-electron chi connectivity index (χ4n) is 3.13. The van der Waals surface area contributed by atoms with E-state index < -0.39 is 0 Å². The highest BCUT2D eigenvalue weighted by Crippen LogP contribution is 2.46. The summed E-state index contributed by atoms with van der Waals surface area (Å²) in [5.74, 6) is 0. The van der Waals surface area contributed by atoms with Gasteiger partial charge in [-0.3, -0.25) is 0 Å². The zero-order valence-corrected chi connectivity index (χ0v) is 15.8. The van der Waals surface area contributed by atoms with Gasteiger partial charge in [-0.25, -0.2) is 0 Å². The standard InChI is InChI=1S/C19H34S/c1-9-14-16(18(6,7)11-3)15(10-2)20-17(14)19(8,12-4)13-5/h9-13H2,1-8H3. The molecule has 0 aliphatic heterocycles. The van der Waals surface area contributed by atoms with Crippen molar-refractivity contribution in [3.05, 3.63) is 20.9 Å². The molecule has 0 nitrogen and oxygen atoms in total. The van der Waals surface area contributed by atoms with E-state index in [9.17, 15) is 0 Å². The zero-order chi connectivity index (χ0) is 15.6. The van der Waals surface area contributed by atoms with E-state index in [-0.39, 0.29) is 0 Å². The third-order valence-electron chi connectivity index (χ3n) is 5.42. The monoisotopic (exact) mass is 294 g/mol. The number of rotatable bonds is 7. The Morgan fingerprint density at radius 1 is 0.800 bits per heavy atom. The summed E-state index contributed by atoms with van der Waals surface area (Å²) in [7, 11) is 0. The molecule has 0 amide bonds. The smallest absolute Gasteiger partial charge is 0.0142 e. The molecule has 1 aromatic rings. The van der Waals surface area contributed by atoms with Crippen LogP contribution in [0.3, 0.4) is 0 Å². The Morgan fingerprint density at radius 2 is 1.35 bits per heavy atom. The van der Waals surface area contributed by atoms with Crippen LogP contribution in [0.5, 0.6) is 0 Å². The lowest BCUT2D eigenvalue weighted by Gasteiger charge is -2.29. The van der Waals surface area contributed by atoms with Gasteiger partial charge in [-0.15, -0.1) is 11.3 Å². The first-order valence-corrected chi connectivity index (χ1v) is 9.28. The molecule has 0 saturated heterocycles. The van der Waals surface area contributed by atoms with Crippen LogP contribution < -0.4 is 0 Å². The lowest BCUT2D eigenvalue weighted by Crippen LogP contribution is -2.22. The van der Waals surface area contributed by atoms with Crippen molar-refractivity contribution in [3.63, 3.8) is 0 Å². The summed E-state index contributed by atoms with van der Waals surface area (Å²) in [6.45, 7) is 19.0. The van der Waals surface area contributed by atoms with Crippen LogP contribution in [0.4, 0.5) is 0 Å². The third kappa shape index (κ3) is 2.98. The topological polar surface area (TPSA) is 0 Å². The lowest BCUT2D eigenvalue weighted by molar-refractivity contribution is 0.441. The predicted molar refractivity (Wildman–Crippen MR) is 94.3 cm³/mol. The van der Waals surface area contributed by atoms with Crippen molar-refractivity contribution in [1.82, 2.24) is 0 Å². The van der Waals surface area contributed by atoms with Crippen LogP contribution in [0, 0.1) is 0 Å². The van der Waals surface area contributed by atoms with Gasteiger partial charge in [0.15, 0.2) is 0 Å². The summed E-state index contributed by atoms with van der Waals surface area (Å²) >= 11 is 2.11. The van der Waals surface area contributed by atoms with E-state index >= 15 is 0 Å². The van der Waals surface area contributed by atoms with Crippen LogP contribution in [0.1, 0.15) is 95.5 Å². The third-order valence-corrected chi connectivity index (χ3v) is 7.11. The van der Waals surface area contributed by atoms with Gasteiger partial charge in [-0.05, 0) is 48.6 Å². The molecule has 0 atom stereocenters. The molecular formula is C19H34S. The number of thiophene rings is 1. The van der Waals surface area contributed by atoms with Crippen LogP contribution >= 0.6 is 11.3 Å². The second kappa shape index (κ2) is 6.64. The Balaban J connectivity index is 3.58. The maximum absolute atomic E-state index is 2.46. The molecule has 1 heteroatoms. The zero-order valence-electron chi connectivity index (χ0n) is 14.9. The molecule has 0 bridgehead atoms. The molecule has 0 aliphatic rings. The number of aryl methyl sites for hydroxylation is 1. The first-order chi connectivity index (χ1) is 9.31. The molecule has 1 aromatic heterocycles. The highest BCUT2D eigenvalue weighted by atomic mass is 32.1. The van der Waals surface area contributed by atoms with E-state index in [1.807, 2.05) is 0 Å². The summed E-state index contributed by atoms with van der Waals surface area (Å²) in [5, 5.41) is 0. The van der Waals surface area contributed by atoms with Crippen LogP contribution in [-0.4, -0.2) is 0 Å². The normalized spacial score (nSPS) is 13.0. The molecular weight excluding hydrogens is 260 g/mol. The van der Waals surface area contributed by atoms with E-state index in [4.69, 9.17) is 0 Å². The average molecular weight is 295 g/mol. The summed E-state index contributed by atoms with van der Waals surface area (Å²) in [6.07, 6.45) is 6.07. The predicted octanol–water partition coefficient (Wildman–Crippen LogP) is 6.64. The SMILES string of the molecule is CCc1sc(C(C)(CC)CC)c(CC)c1C(C)(C)CC. The Kier molecular flexibility index (Phi) is 5.89. The van der Waals surface area contributed by atoms with Crippen molar-refractivity contribution in [1.29, 1.82) is 0 Å². The summed E-state index contributed by atoms with van der Waals surface area (Å²) < 4.78 is 0. The van der Waals surface area contributed by atoms with E-state index in [0.29, 0.717) is 10.8 Å². The first kappa shape index (κ1) is 17.8. The van der Waals surface area contributed by atoms with Gasteiger partial charge in [-0.1, -0.05) is 55.4 Å². The molecule has 0 aromatic carbocycles. The van der Waals surface area contributed by atoms with Crippen LogP contribution in [-0.2, 0) is 23.7 Å². The fourth-order valence-corrected chi connectivity index (χ4v) is 4.92. The molecule has 116 valence electrons. The number of hydrogen-bond donors (Lipinski definition) is 0. The second-order valence-corrected chi connectivity index (χ2v) is 8.03. The molecule has 0 radical (unpaired) electrons. The van der Waals surface area contributed by atoms with E-state index in [1.54, 1.807) is 20.9 Å². The van der Waals surface area contributed by atoms with Gasteiger partial charge in [0, 0.05) is 15.2 Å². The minimum Gasteiger partial charge on any atom is -0.144 e. The molecule has 0 N–H and O–H groups in total. The van der Waals surface area contributed by atoms with Crippen molar-refractivity contribution < 1.29 is 0 Å². The maximum Gasteiger partial charge on any atom is 0.0142 e. The van der Waals surface area contributed by atoms with E-state index in [1.165, 1.54) is 32.1 Å². The van der Waals surface area contributed by atoms with Gasteiger partial charge < -0.3 is 0 Å². The van der Waals surface area contributed by atoms with Crippen LogP contribution in [0.15, 0.2) is 0 Å². The summed E-state index contributed by atoms with van der Waals surface area (Å²) in [4.78, 5) is 3.32. The Labute approximate surface area is 131 Å². The summed E-state index contributed by atoms with van der Waals surface area (Å²) in [6, 6.07) is 0. The largest absolute Gasteiger partial charge is 0.144 e. The highest BCUT2D eigenvalue weighted by Gasteiger charge is 2.34. The first-order valence-electron chi connectivity index (χ1n) is 8.46. The fraction of sp³-hybridized carbons (Fsp3) is 0.789. The second-order valence-electron chi connectivity index (χ2n) is 6.92. The molecule has 1 heterocycles. The van der Waals surface area contributed by atoms with Crippen molar-refractivity contribution in [2.24, 2.45) is 0 Å². The minimum atomic E-state index is 0.313. The van der Waals surface area contributed by atoms with Gasteiger partial charge in [0.2, 0.25) is 0 Å². The van der Waals surface area contributed by atoms with Crippen molar-refractivity contribution in [3.8, 4) is 0 Å². The molecule has 0 fully saturated rings. The molecule has 1 rings (SSSR count). The Morgan fingerprint density at radius 3 is 1.70 bits per heavy atom. The van der Waals surface area contributed by atoms with Crippen LogP contribution in [0.2, 0.25) is 0 Å². The summed E-state index contributed by atoms with van der Waals surface area (Å²) in [5.41, 5.74) is 4.03. The lowest BCUT2D eigenvalue weighted by atomic mass is 9.75. The van der Waals surface area contributed by atoms with E-state index in [2.05, 4.69) is 66.7 Å². The van der Waals surface area contributed by atoms with Gasteiger partial charge in [-0.2, -0.15) is 0 Å². The van der Waals surface area contributed by atoms with Gasteiger partial charge >= 0.3 is 0 Å². The minimum absolute atomic E-state index is 0.313. The molecule has 0 spiro atoms. The molecule has 0 unspecified atom stereocenters. The highest BCUT2D eigenvalue weighted by molar-refractivity contribution is 7.12. The maximum atomic E-state index is 2.46. The van der Waals surface area contributed by atoms with Gasteiger partial charge in [0.25, 0.3) is 0 Å². The van der Waals surface area contributed by atoms with Crippen molar-refractivity contribution in [2.75, 3.05) is 0 Å². The molecule has 0 saturated carbocycles. The molecule has 20 heavy (non-hydrogen) atoms. The van der Waals surface area contributed by atoms with Crippen molar-refractivity contribution >= 4 is 11.3 Å².